The van der Waals surface area contributed by atoms with Crippen LogP contribution < -0.4 is 4.74 Å². The topological polar surface area (TPSA) is 64.3 Å². The predicted octanol–water partition coefficient (Wildman–Crippen LogP) is 5.14. The molecule has 196 valence electrons. The third-order valence-corrected chi connectivity index (χ3v) is 8.37. The van der Waals surface area contributed by atoms with E-state index in [4.69, 9.17) is 9.47 Å². The van der Waals surface area contributed by atoms with Gasteiger partial charge in [-0.3, -0.25) is 4.90 Å². The molecule has 3 aliphatic rings. The van der Waals surface area contributed by atoms with Crippen molar-refractivity contribution in [2.75, 3.05) is 26.8 Å². The molecule has 37 heavy (non-hydrogen) atoms. The van der Waals surface area contributed by atoms with Crippen molar-refractivity contribution >= 4 is 10.9 Å². The lowest BCUT2D eigenvalue weighted by Crippen LogP contribution is -2.34. The van der Waals surface area contributed by atoms with Crippen molar-refractivity contribution in [3.8, 4) is 5.75 Å². The van der Waals surface area contributed by atoms with E-state index in [9.17, 15) is 9.50 Å². The van der Waals surface area contributed by atoms with Crippen molar-refractivity contribution in [1.82, 2.24) is 14.8 Å². The van der Waals surface area contributed by atoms with E-state index in [1.165, 1.54) is 37.3 Å². The summed E-state index contributed by atoms with van der Waals surface area (Å²) in [5, 5.41) is 11.8. The molecule has 1 unspecified atom stereocenters. The smallest absolute Gasteiger partial charge is 0.138 e. The molecule has 1 saturated heterocycles. The molecule has 1 saturated carbocycles. The molecule has 7 heteroatoms. The average molecular weight is 506 g/mol. The van der Waals surface area contributed by atoms with E-state index in [1.807, 2.05) is 30.5 Å². The Morgan fingerprint density at radius 1 is 1.16 bits per heavy atom. The van der Waals surface area contributed by atoms with Gasteiger partial charge in [-0.2, -0.15) is 0 Å². The molecule has 0 spiro atoms. The Balaban J connectivity index is 1.37. The number of hydrogen-bond acceptors (Lipinski definition) is 5. The Bertz CT molecular complexity index is 1270. The summed E-state index contributed by atoms with van der Waals surface area (Å²) >= 11 is 0. The summed E-state index contributed by atoms with van der Waals surface area (Å²) in [7, 11) is 1.67. The molecule has 6 rings (SSSR count). The van der Waals surface area contributed by atoms with E-state index in [-0.39, 0.29) is 24.7 Å². The molecule has 0 radical (unpaired) electrons. The first-order valence-corrected chi connectivity index (χ1v) is 13.5. The molecule has 0 bridgehead atoms. The first-order chi connectivity index (χ1) is 18.2. The normalized spacial score (nSPS) is 25.8. The minimum Gasteiger partial charge on any atom is -0.497 e. The largest absolute Gasteiger partial charge is 0.497 e. The van der Waals surface area contributed by atoms with Gasteiger partial charge in [0.05, 0.1) is 19.8 Å². The summed E-state index contributed by atoms with van der Waals surface area (Å²) in [6, 6.07) is 12.6. The van der Waals surface area contributed by atoms with Crippen molar-refractivity contribution in [2.45, 2.75) is 57.0 Å². The number of aromatic amines is 1. The lowest BCUT2D eigenvalue weighted by molar-refractivity contribution is 0.151. The molecule has 0 amide bonds. The number of nitrogens with one attached hydrogen (secondary N) is 1. The maximum atomic E-state index is 14.7. The standard InChI is InChI=1S/C30H36FN3O3/c1-36-22-11-12-23-24-13-16-33(30-29(37-30)20-7-2-3-8-20)14-6-15-34(18-21-9-4-5-10-25(21)31)27(19-35)28(24)32-26(23)17-22/h4-6,9-12,15,17,20,27,29-30,32,35H,2-3,7-8,13-14,16,18-19H2,1H3/b15-6+/t27-,29?,30+/m0/s1. The molecule has 2 aromatic carbocycles. The highest BCUT2D eigenvalue weighted by molar-refractivity contribution is 5.86. The van der Waals surface area contributed by atoms with Crippen LogP contribution >= 0.6 is 0 Å². The van der Waals surface area contributed by atoms with Crippen LogP contribution in [0.4, 0.5) is 4.39 Å². The number of nitrogens with zero attached hydrogens (tertiary/aromatic N) is 2. The summed E-state index contributed by atoms with van der Waals surface area (Å²) < 4.78 is 26.4. The molecule has 6 nitrogen and oxygen atoms in total. The van der Waals surface area contributed by atoms with Gasteiger partial charge in [0.25, 0.3) is 0 Å². The number of rotatable bonds is 6. The van der Waals surface area contributed by atoms with E-state index >= 15 is 0 Å². The van der Waals surface area contributed by atoms with Crippen molar-refractivity contribution < 1.29 is 19.0 Å². The molecule has 1 aliphatic carbocycles. The van der Waals surface area contributed by atoms with Crippen LogP contribution in [-0.2, 0) is 17.7 Å². The van der Waals surface area contributed by atoms with Crippen LogP contribution in [0, 0.1) is 11.7 Å². The fourth-order valence-corrected chi connectivity index (χ4v) is 6.32. The van der Waals surface area contributed by atoms with Crippen molar-refractivity contribution in [2.24, 2.45) is 5.92 Å². The van der Waals surface area contributed by atoms with E-state index in [2.05, 4.69) is 26.9 Å². The zero-order valence-electron chi connectivity index (χ0n) is 21.4. The van der Waals surface area contributed by atoms with Gasteiger partial charge in [0.1, 0.15) is 23.9 Å². The molecule has 3 heterocycles. The summed E-state index contributed by atoms with van der Waals surface area (Å²) in [6.07, 6.45) is 10.7. The van der Waals surface area contributed by atoms with Crippen molar-refractivity contribution in [3.63, 3.8) is 0 Å². The number of halogens is 1. The highest BCUT2D eigenvalue weighted by Gasteiger charge is 2.48. The Kier molecular flexibility index (Phi) is 6.93. The van der Waals surface area contributed by atoms with Crippen LogP contribution in [0.25, 0.3) is 10.9 Å². The van der Waals surface area contributed by atoms with E-state index in [0.717, 1.165) is 41.9 Å². The number of hydrogen-bond donors (Lipinski definition) is 2. The number of methoxy groups -OCH3 is 1. The Morgan fingerprint density at radius 2 is 2.00 bits per heavy atom. The third-order valence-electron chi connectivity index (χ3n) is 8.37. The van der Waals surface area contributed by atoms with E-state index in [0.29, 0.717) is 24.1 Å². The second kappa shape index (κ2) is 10.5. The van der Waals surface area contributed by atoms with Gasteiger partial charge in [0, 0.05) is 47.9 Å². The third kappa shape index (κ3) is 4.88. The quantitative estimate of drug-likeness (QED) is 0.455. The first kappa shape index (κ1) is 24.5. The fourth-order valence-electron chi connectivity index (χ4n) is 6.32. The minimum atomic E-state index is -0.334. The second-order valence-electron chi connectivity index (χ2n) is 10.6. The number of benzene rings is 2. The maximum Gasteiger partial charge on any atom is 0.138 e. The number of aliphatic hydroxyl groups excluding tert-OH is 1. The van der Waals surface area contributed by atoms with Gasteiger partial charge in [-0.05, 0) is 55.1 Å². The Hall–Kier alpha value is -2.87. The number of epoxide rings is 1. The maximum absolute atomic E-state index is 14.7. The average Bonchev–Trinajstić information content (AvgIpc) is 3.35. The van der Waals surface area contributed by atoms with Gasteiger partial charge in [-0.15, -0.1) is 0 Å². The van der Waals surface area contributed by atoms with Crippen LogP contribution in [0.2, 0.25) is 0 Å². The van der Waals surface area contributed by atoms with Crippen LogP contribution in [0.3, 0.4) is 0 Å². The number of fused-ring (bicyclic) bond motifs is 3. The number of aromatic nitrogens is 1. The molecule has 2 aliphatic heterocycles. The number of aliphatic hydroxyl groups is 1. The van der Waals surface area contributed by atoms with E-state index < -0.39 is 0 Å². The monoisotopic (exact) mass is 505 g/mol. The predicted molar refractivity (Wildman–Crippen MR) is 142 cm³/mol. The second-order valence-corrected chi connectivity index (χ2v) is 10.6. The fraction of sp³-hybridized carbons (Fsp3) is 0.467. The van der Waals surface area contributed by atoms with Crippen LogP contribution in [0.15, 0.2) is 54.7 Å². The molecule has 3 aromatic rings. The summed E-state index contributed by atoms with van der Waals surface area (Å²) in [4.78, 5) is 8.08. The summed E-state index contributed by atoms with van der Waals surface area (Å²) in [5.74, 6) is 1.22. The van der Waals surface area contributed by atoms with Gasteiger partial charge in [0.15, 0.2) is 0 Å². The lowest BCUT2D eigenvalue weighted by atomic mass is 10.0. The Labute approximate surface area is 217 Å². The van der Waals surface area contributed by atoms with Crippen LogP contribution in [0.1, 0.15) is 48.5 Å². The lowest BCUT2D eigenvalue weighted by Gasteiger charge is -2.32. The molecule has 1 aromatic heterocycles. The van der Waals surface area contributed by atoms with Gasteiger partial charge >= 0.3 is 0 Å². The zero-order chi connectivity index (χ0) is 25.4. The van der Waals surface area contributed by atoms with Crippen LogP contribution in [-0.4, -0.2) is 59.0 Å². The van der Waals surface area contributed by atoms with Gasteiger partial charge in [-0.1, -0.05) is 37.1 Å². The van der Waals surface area contributed by atoms with Gasteiger partial charge in [0.2, 0.25) is 0 Å². The first-order valence-electron chi connectivity index (χ1n) is 13.5. The Morgan fingerprint density at radius 3 is 2.78 bits per heavy atom. The molecular weight excluding hydrogens is 469 g/mol. The molecular formula is C30H36FN3O3. The van der Waals surface area contributed by atoms with Gasteiger partial charge < -0.3 is 24.5 Å². The van der Waals surface area contributed by atoms with Gasteiger partial charge in [-0.25, -0.2) is 4.39 Å². The van der Waals surface area contributed by atoms with Crippen molar-refractivity contribution in [3.05, 3.63) is 77.4 Å². The number of H-pyrrole nitrogens is 1. The SMILES string of the molecule is COc1ccc2c3c([nH]c2c1)[C@H](CO)N(Cc1ccccc1F)/C=C/CN([C@@H]1OC1C1CCCC1)CC3. The zero-order valence-corrected chi connectivity index (χ0v) is 21.4. The molecule has 3 atom stereocenters. The highest BCUT2D eigenvalue weighted by Crippen LogP contribution is 2.41. The molecule has 2 fully saturated rings. The number of ether oxygens (including phenoxy) is 2. The van der Waals surface area contributed by atoms with E-state index in [1.54, 1.807) is 13.2 Å². The summed E-state index contributed by atoms with van der Waals surface area (Å²) in [6.45, 7) is 1.90. The highest BCUT2D eigenvalue weighted by atomic mass is 19.1. The summed E-state index contributed by atoms with van der Waals surface area (Å²) in [5.41, 5.74) is 3.74. The molecule has 2 N–H and O–H groups in total. The minimum absolute atomic E-state index is 0.0883. The van der Waals surface area contributed by atoms with Crippen molar-refractivity contribution in [1.29, 1.82) is 0 Å². The van der Waals surface area contributed by atoms with Crippen LogP contribution in [0.5, 0.6) is 5.75 Å².